The average molecular weight is 244 g/mol. The molecule has 0 amide bonds. The molecule has 3 N–H and O–H groups in total. The first-order valence-electron chi connectivity index (χ1n) is 6.34. The molecule has 0 radical (unpaired) electrons. The van der Waals surface area contributed by atoms with E-state index in [9.17, 15) is 4.79 Å². The summed E-state index contributed by atoms with van der Waals surface area (Å²) in [6.45, 7) is 7.41. The van der Waals surface area contributed by atoms with Gasteiger partial charge in [0.25, 0.3) is 0 Å². The van der Waals surface area contributed by atoms with Crippen LogP contribution in [0.15, 0.2) is 0 Å². The fourth-order valence-corrected chi connectivity index (χ4v) is 2.15. The third-order valence-electron chi connectivity index (χ3n) is 3.48. The smallest absolute Gasteiger partial charge is 0.323 e. The van der Waals surface area contributed by atoms with E-state index in [1.54, 1.807) is 0 Å². The maximum Gasteiger partial charge on any atom is 0.323 e. The Hall–Kier alpha value is -0.650. The number of carboxylic acids is 1. The Balaban J connectivity index is 2.29. The zero-order valence-electron chi connectivity index (χ0n) is 10.8. The summed E-state index contributed by atoms with van der Waals surface area (Å²) in [5.74, 6) is -0.893. The van der Waals surface area contributed by atoms with Gasteiger partial charge in [-0.25, -0.2) is 0 Å². The molecular formula is C12H24N2O3. The standard InChI is InChI=1S/C12H24N2O3/c1-3-12(13,11(15)16)5-4-6-14-7-8-17-10(2)9-14/h10H,3-9,13H2,1-2H3,(H,15,16). The van der Waals surface area contributed by atoms with Crippen LogP contribution in [0.1, 0.15) is 33.1 Å². The van der Waals surface area contributed by atoms with E-state index in [4.69, 9.17) is 15.6 Å². The van der Waals surface area contributed by atoms with Crippen molar-refractivity contribution < 1.29 is 14.6 Å². The third kappa shape index (κ3) is 4.26. The van der Waals surface area contributed by atoms with Gasteiger partial charge in [-0.05, 0) is 32.7 Å². The summed E-state index contributed by atoms with van der Waals surface area (Å²) < 4.78 is 5.45. The predicted octanol–water partition coefficient (Wildman–Crippen LogP) is 0.679. The number of rotatable bonds is 6. The summed E-state index contributed by atoms with van der Waals surface area (Å²) >= 11 is 0. The number of carboxylic acid groups (broad SMARTS) is 1. The lowest BCUT2D eigenvalue weighted by atomic mass is 9.92. The Morgan fingerprint density at radius 2 is 2.35 bits per heavy atom. The molecule has 0 aromatic rings. The van der Waals surface area contributed by atoms with E-state index in [0.717, 1.165) is 32.7 Å². The number of nitrogens with zero attached hydrogens (tertiary/aromatic N) is 1. The SMILES string of the molecule is CCC(N)(CCCN1CCOC(C)C1)C(=O)O. The zero-order valence-corrected chi connectivity index (χ0v) is 10.8. The van der Waals surface area contributed by atoms with Crippen molar-refractivity contribution in [2.45, 2.75) is 44.8 Å². The fraction of sp³-hybridized carbons (Fsp3) is 0.917. The molecule has 1 fully saturated rings. The van der Waals surface area contributed by atoms with E-state index in [-0.39, 0.29) is 6.10 Å². The van der Waals surface area contributed by atoms with Crippen LogP contribution in [0, 0.1) is 0 Å². The van der Waals surface area contributed by atoms with Gasteiger partial charge in [0.15, 0.2) is 0 Å². The first kappa shape index (κ1) is 14.4. The van der Waals surface area contributed by atoms with Crippen molar-refractivity contribution >= 4 is 5.97 Å². The summed E-state index contributed by atoms with van der Waals surface area (Å²) in [4.78, 5) is 13.3. The van der Waals surface area contributed by atoms with Crippen molar-refractivity contribution in [3.8, 4) is 0 Å². The first-order chi connectivity index (χ1) is 7.98. The first-order valence-corrected chi connectivity index (χ1v) is 6.34. The number of morpholine rings is 1. The number of hydrogen-bond donors (Lipinski definition) is 2. The molecule has 1 rings (SSSR count). The van der Waals surface area contributed by atoms with E-state index >= 15 is 0 Å². The van der Waals surface area contributed by atoms with Crippen LogP contribution in [0.4, 0.5) is 0 Å². The number of aliphatic carboxylic acids is 1. The van der Waals surface area contributed by atoms with Crippen LogP contribution in [0.2, 0.25) is 0 Å². The van der Waals surface area contributed by atoms with E-state index < -0.39 is 11.5 Å². The summed E-state index contributed by atoms with van der Waals surface area (Å²) in [5.41, 5.74) is 4.78. The monoisotopic (exact) mass is 244 g/mol. The van der Waals surface area contributed by atoms with E-state index in [1.165, 1.54) is 0 Å². The molecule has 0 spiro atoms. The summed E-state index contributed by atoms with van der Waals surface area (Å²) in [6, 6.07) is 0. The van der Waals surface area contributed by atoms with Gasteiger partial charge < -0.3 is 15.6 Å². The predicted molar refractivity (Wildman–Crippen MR) is 65.9 cm³/mol. The van der Waals surface area contributed by atoms with Gasteiger partial charge in [0.2, 0.25) is 0 Å². The lowest BCUT2D eigenvalue weighted by Gasteiger charge is -2.32. The fourth-order valence-electron chi connectivity index (χ4n) is 2.15. The Bertz CT molecular complexity index is 260. The summed E-state index contributed by atoms with van der Waals surface area (Å²) in [6.07, 6.45) is 2.10. The van der Waals surface area contributed by atoms with Crippen molar-refractivity contribution in [3.63, 3.8) is 0 Å². The van der Waals surface area contributed by atoms with Gasteiger partial charge in [0.05, 0.1) is 12.7 Å². The molecule has 2 atom stereocenters. The van der Waals surface area contributed by atoms with Crippen LogP contribution in [-0.2, 0) is 9.53 Å². The van der Waals surface area contributed by atoms with Gasteiger partial charge >= 0.3 is 5.97 Å². The van der Waals surface area contributed by atoms with Crippen LogP contribution in [0.5, 0.6) is 0 Å². The second kappa shape index (κ2) is 6.33. The molecule has 0 bridgehead atoms. The van der Waals surface area contributed by atoms with E-state index in [1.807, 2.05) is 6.92 Å². The second-order valence-electron chi connectivity index (χ2n) is 4.90. The Kier molecular flexibility index (Phi) is 5.36. The number of nitrogens with two attached hydrogens (primary N) is 1. The van der Waals surface area contributed by atoms with Gasteiger partial charge in [-0.15, -0.1) is 0 Å². The van der Waals surface area contributed by atoms with E-state index in [2.05, 4.69) is 11.8 Å². The highest BCUT2D eigenvalue weighted by molar-refractivity contribution is 5.78. The van der Waals surface area contributed by atoms with Crippen molar-refractivity contribution in [1.82, 2.24) is 4.90 Å². The van der Waals surface area contributed by atoms with Crippen LogP contribution in [0.3, 0.4) is 0 Å². The lowest BCUT2D eigenvalue weighted by Crippen LogP contribution is -2.48. The number of ether oxygens (including phenoxy) is 1. The molecule has 0 aromatic heterocycles. The molecule has 5 nitrogen and oxygen atoms in total. The molecule has 100 valence electrons. The molecule has 0 aromatic carbocycles. The van der Waals surface area contributed by atoms with Gasteiger partial charge in [-0.2, -0.15) is 0 Å². The normalized spacial score (nSPS) is 25.5. The van der Waals surface area contributed by atoms with Crippen LogP contribution < -0.4 is 5.73 Å². The highest BCUT2D eigenvalue weighted by Crippen LogP contribution is 2.15. The van der Waals surface area contributed by atoms with Crippen LogP contribution in [-0.4, -0.2) is 53.9 Å². The maximum atomic E-state index is 11.0. The Labute approximate surface area is 103 Å². The molecule has 1 aliphatic heterocycles. The Morgan fingerprint density at radius 3 is 2.88 bits per heavy atom. The van der Waals surface area contributed by atoms with E-state index in [0.29, 0.717) is 12.8 Å². The zero-order chi connectivity index (χ0) is 12.9. The largest absolute Gasteiger partial charge is 0.480 e. The van der Waals surface area contributed by atoms with Crippen LogP contribution in [0.25, 0.3) is 0 Å². The maximum absolute atomic E-state index is 11.0. The molecule has 1 aliphatic rings. The number of carbonyl (C=O) groups is 1. The van der Waals surface area contributed by atoms with Crippen molar-refractivity contribution in [1.29, 1.82) is 0 Å². The van der Waals surface area contributed by atoms with Gasteiger partial charge in [-0.3, -0.25) is 9.69 Å². The molecule has 5 heteroatoms. The minimum Gasteiger partial charge on any atom is -0.480 e. The number of hydrogen-bond acceptors (Lipinski definition) is 4. The molecule has 2 unspecified atom stereocenters. The molecule has 1 saturated heterocycles. The minimum absolute atomic E-state index is 0.275. The van der Waals surface area contributed by atoms with Gasteiger partial charge in [0, 0.05) is 13.1 Å². The van der Waals surface area contributed by atoms with Crippen molar-refractivity contribution in [3.05, 3.63) is 0 Å². The molecule has 1 heterocycles. The molecule has 0 aliphatic carbocycles. The topological polar surface area (TPSA) is 75.8 Å². The highest BCUT2D eigenvalue weighted by atomic mass is 16.5. The van der Waals surface area contributed by atoms with Crippen LogP contribution >= 0.6 is 0 Å². The third-order valence-corrected chi connectivity index (χ3v) is 3.48. The second-order valence-corrected chi connectivity index (χ2v) is 4.90. The molecule has 0 saturated carbocycles. The van der Waals surface area contributed by atoms with Crippen molar-refractivity contribution in [2.75, 3.05) is 26.2 Å². The quantitative estimate of drug-likeness (QED) is 0.718. The average Bonchev–Trinajstić information content (AvgIpc) is 2.28. The molecule has 17 heavy (non-hydrogen) atoms. The minimum atomic E-state index is -1.06. The summed E-state index contributed by atoms with van der Waals surface area (Å²) in [5, 5.41) is 9.05. The molecular weight excluding hydrogens is 220 g/mol. The Morgan fingerprint density at radius 1 is 1.65 bits per heavy atom. The van der Waals surface area contributed by atoms with Gasteiger partial charge in [-0.1, -0.05) is 6.92 Å². The van der Waals surface area contributed by atoms with Crippen molar-refractivity contribution in [2.24, 2.45) is 5.73 Å². The van der Waals surface area contributed by atoms with Gasteiger partial charge in [0.1, 0.15) is 5.54 Å². The lowest BCUT2D eigenvalue weighted by molar-refractivity contribution is -0.143. The highest BCUT2D eigenvalue weighted by Gasteiger charge is 2.31. The summed E-state index contributed by atoms with van der Waals surface area (Å²) in [7, 11) is 0.